The maximum atomic E-state index is 11.8. The van der Waals surface area contributed by atoms with Crippen LogP contribution in [0.5, 0.6) is 0 Å². The van der Waals surface area contributed by atoms with Crippen LogP contribution in [-0.4, -0.2) is 33.0 Å². The molecule has 2 aromatic rings. The Bertz CT molecular complexity index is 741. The molecule has 0 N–H and O–H groups in total. The van der Waals surface area contributed by atoms with Gasteiger partial charge in [-0.15, -0.1) is 0 Å². The molecule has 0 atom stereocenters. The van der Waals surface area contributed by atoms with Crippen molar-refractivity contribution in [3.63, 3.8) is 0 Å². The standard InChI is InChI=1S/C19H27N3O2/c1-6-18(24)21(14(2)23)10-7-11-22-17-9-8-16(19(3,4)5)12-15(17)13-20-22/h8-9,12-13H,6-7,10-11H2,1-5H3. The normalized spacial score (nSPS) is 11.7. The zero-order chi connectivity index (χ0) is 17.9. The Morgan fingerprint density at radius 2 is 1.96 bits per heavy atom. The summed E-state index contributed by atoms with van der Waals surface area (Å²) in [5.74, 6) is -0.315. The summed E-state index contributed by atoms with van der Waals surface area (Å²) in [6.07, 6.45) is 2.92. The van der Waals surface area contributed by atoms with Crippen LogP contribution in [0.25, 0.3) is 10.9 Å². The first-order valence-corrected chi connectivity index (χ1v) is 8.51. The van der Waals surface area contributed by atoms with Crippen molar-refractivity contribution in [2.24, 2.45) is 0 Å². The largest absolute Gasteiger partial charge is 0.283 e. The number of carbonyl (C=O) groups excluding carboxylic acids is 2. The minimum atomic E-state index is -0.193. The molecule has 5 heteroatoms. The van der Waals surface area contributed by atoms with Gasteiger partial charge in [0, 0.05) is 31.8 Å². The van der Waals surface area contributed by atoms with Crippen LogP contribution >= 0.6 is 0 Å². The van der Waals surface area contributed by atoms with Crippen LogP contribution in [0.1, 0.15) is 53.0 Å². The van der Waals surface area contributed by atoms with Gasteiger partial charge >= 0.3 is 0 Å². The minimum Gasteiger partial charge on any atom is -0.283 e. The van der Waals surface area contributed by atoms with Gasteiger partial charge in [0.15, 0.2) is 0 Å². The summed E-state index contributed by atoms with van der Waals surface area (Å²) >= 11 is 0. The van der Waals surface area contributed by atoms with Crippen molar-refractivity contribution in [1.29, 1.82) is 0 Å². The lowest BCUT2D eigenvalue weighted by molar-refractivity contribution is -0.143. The minimum absolute atomic E-state index is 0.110. The van der Waals surface area contributed by atoms with Crippen molar-refractivity contribution in [3.8, 4) is 0 Å². The highest BCUT2D eigenvalue weighted by atomic mass is 16.2. The topological polar surface area (TPSA) is 55.2 Å². The average molecular weight is 329 g/mol. The van der Waals surface area contributed by atoms with Crippen LogP contribution in [0.2, 0.25) is 0 Å². The van der Waals surface area contributed by atoms with Gasteiger partial charge in [0.2, 0.25) is 11.8 Å². The SMILES string of the molecule is CCC(=O)N(CCCn1ncc2cc(C(C)(C)C)ccc21)C(C)=O. The van der Waals surface area contributed by atoms with E-state index < -0.39 is 0 Å². The summed E-state index contributed by atoms with van der Waals surface area (Å²) < 4.78 is 1.94. The Morgan fingerprint density at radius 3 is 2.54 bits per heavy atom. The van der Waals surface area contributed by atoms with E-state index in [1.54, 1.807) is 6.92 Å². The second-order valence-corrected chi connectivity index (χ2v) is 7.16. The smallest absolute Gasteiger partial charge is 0.228 e. The molecule has 0 bridgehead atoms. The quantitative estimate of drug-likeness (QED) is 0.843. The number of aromatic nitrogens is 2. The van der Waals surface area contributed by atoms with Crippen molar-refractivity contribution >= 4 is 22.7 Å². The molecule has 1 aromatic heterocycles. The highest BCUT2D eigenvalue weighted by Gasteiger charge is 2.17. The van der Waals surface area contributed by atoms with Crippen molar-refractivity contribution in [2.75, 3.05) is 6.54 Å². The molecule has 0 aliphatic rings. The molecule has 24 heavy (non-hydrogen) atoms. The number of hydrogen-bond donors (Lipinski definition) is 0. The van der Waals surface area contributed by atoms with E-state index in [1.165, 1.54) is 17.4 Å². The van der Waals surface area contributed by atoms with Crippen LogP contribution in [0.15, 0.2) is 24.4 Å². The fourth-order valence-corrected chi connectivity index (χ4v) is 2.76. The molecule has 0 spiro atoms. The lowest BCUT2D eigenvalue weighted by Crippen LogP contribution is -2.35. The molecule has 130 valence electrons. The van der Waals surface area contributed by atoms with Crippen LogP contribution in [0.4, 0.5) is 0 Å². The number of nitrogens with zero attached hydrogens (tertiary/aromatic N) is 3. The van der Waals surface area contributed by atoms with Gasteiger partial charge < -0.3 is 0 Å². The number of hydrogen-bond acceptors (Lipinski definition) is 3. The molecule has 0 saturated heterocycles. The third kappa shape index (κ3) is 4.02. The first-order valence-electron chi connectivity index (χ1n) is 8.51. The predicted octanol–water partition coefficient (Wildman–Crippen LogP) is 3.51. The Balaban J connectivity index is 2.08. The van der Waals surface area contributed by atoms with Crippen molar-refractivity contribution < 1.29 is 9.59 Å². The summed E-state index contributed by atoms with van der Waals surface area (Å²) in [4.78, 5) is 24.7. The number of amides is 2. The summed E-state index contributed by atoms with van der Waals surface area (Å²) in [6.45, 7) is 10.9. The summed E-state index contributed by atoms with van der Waals surface area (Å²) in [5.41, 5.74) is 2.48. The number of rotatable bonds is 5. The molecule has 0 saturated carbocycles. The van der Waals surface area contributed by atoms with Crippen molar-refractivity contribution in [3.05, 3.63) is 30.0 Å². The van der Waals surface area contributed by atoms with Gasteiger partial charge in [0.1, 0.15) is 0 Å². The van der Waals surface area contributed by atoms with Gasteiger partial charge in [-0.05, 0) is 29.5 Å². The molecule has 0 aliphatic carbocycles. The fourth-order valence-electron chi connectivity index (χ4n) is 2.76. The Morgan fingerprint density at radius 1 is 1.25 bits per heavy atom. The van der Waals surface area contributed by atoms with Crippen LogP contribution in [-0.2, 0) is 21.5 Å². The number of benzene rings is 1. The van der Waals surface area contributed by atoms with Gasteiger partial charge in [-0.3, -0.25) is 19.2 Å². The third-order valence-electron chi connectivity index (χ3n) is 4.24. The number of carbonyl (C=O) groups is 2. The maximum Gasteiger partial charge on any atom is 0.228 e. The first-order chi connectivity index (χ1) is 11.2. The Labute approximate surface area is 143 Å². The summed E-state index contributed by atoms with van der Waals surface area (Å²) in [5, 5.41) is 5.57. The van der Waals surface area contributed by atoms with E-state index in [9.17, 15) is 9.59 Å². The van der Waals surface area contributed by atoms with Crippen molar-refractivity contribution in [2.45, 2.75) is 59.4 Å². The van der Waals surface area contributed by atoms with Gasteiger partial charge in [-0.2, -0.15) is 5.10 Å². The van der Waals surface area contributed by atoms with Crippen LogP contribution < -0.4 is 0 Å². The average Bonchev–Trinajstić information content (AvgIpc) is 2.92. The van der Waals surface area contributed by atoms with Gasteiger partial charge in [0.05, 0.1) is 11.7 Å². The summed E-state index contributed by atoms with van der Waals surface area (Å²) in [7, 11) is 0. The second kappa shape index (κ2) is 7.16. The molecule has 1 aromatic carbocycles. The molecule has 2 rings (SSSR count). The second-order valence-electron chi connectivity index (χ2n) is 7.16. The molecular weight excluding hydrogens is 302 g/mol. The molecule has 2 amide bonds. The van der Waals surface area contributed by atoms with E-state index >= 15 is 0 Å². The van der Waals surface area contributed by atoms with Crippen LogP contribution in [0.3, 0.4) is 0 Å². The van der Waals surface area contributed by atoms with E-state index in [4.69, 9.17) is 0 Å². The molecule has 0 fully saturated rings. The number of aryl methyl sites for hydroxylation is 1. The third-order valence-corrected chi connectivity index (χ3v) is 4.24. The van der Waals surface area contributed by atoms with Crippen LogP contribution in [0, 0.1) is 0 Å². The summed E-state index contributed by atoms with van der Waals surface area (Å²) in [6, 6.07) is 6.42. The van der Waals surface area contributed by atoms with Gasteiger partial charge in [-0.1, -0.05) is 33.8 Å². The van der Waals surface area contributed by atoms with Gasteiger partial charge in [0.25, 0.3) is 0 Å². The van der Waals surface area contributed by atoms with E-state index in [1.807, 2.05) is 10.9 Å². The van der Waals surface area contributed by atoms with E-state index in [0.717, 1.165) is 10.9 Å². The molecule has 0 aliphatic heterocycles. The first kappa shape index (κ1) is 18.2. The zero-order valence-corrected chi connectivity index (χ0v) is 15.3. The predicted molar refractivity (Wildman–Crippen MR) is 95.7 cm³/mol. The molecule has 5 nitrogen and oxygen atoms in total. The lowest BCUT2D eigenvalue weighted by atomic mass is 9.86. The number of fused-ring (bicyclic) bond motifs is 1. The molecule has 0 unspecified atom stereocenters. The highest BCUT2D eigenvalue weighted by molar-refractivity contribution is 5.93. The fraction of sp³-hybridized carbons (Fsp3) is 0.526. The lowest BCUT2D eigenvalue weighted by Gasteiger charge is -2.19. The number of imide groups is 1. The van der Waals surface area contributed by atoms with Crippen molar-refractivity contribution in [1.82, 2.24) is 14.7 Å². The molecule has 0 radical (unpaired) electrons. The molecule has 1 heterocycles. The maximum absolute atomic E-state index is 11.8. The monoisotopic (exact) mass is 329 g/mol. The van der Waals surface area contributed by atoms with E-state index in [2.05, 4.69) is 44.1 Å². The zero-order valence-electron chi connectivity index (χ0n) is 15.3. The van der Waals surface area contributed by atoms with E-state index in [-0.39, 0.29) is 17.2 Å². The highest BCUT2D eigenvalue weighted by Crippen LogP contribution is 2.26. The van der Waals surface area contributed by atoms with E-state index in [0.29, 0.717) is 25.9 Å². The Kier molecular flexibility index (Phi) is 5.42. The van der Waals surface area contributed by atoms with Gasteiger partial charge in [-0.25, -0.2) is 0 Å². The Hall–Kier alpha value is -2.17. The molecular formula is C19H27N3O2.